The largest absolute Gasteiger partial charge is 0.480 e. The van der Waals surface area contributed by atoms with Crippen molar-refractivity contribution in [3.8, 4) is 0 Å². The molecule has 1 aromatic carbocycles. The lowest BCUT2D eigenvalue weighted by Crippen LogP contribution is -2.44. The standard InChI is InChI=1S/C12H12F3NO3/c1-5(2)10(12(18)19)16-11(17)6-3-4-7(13)9(15)8(6)14/h3-5,10H,1-2H3,(H,16,17)(H,18,19)/t10-/m0/s1. The summed E-state index contributed by atoms with van der Waals surface area (Å²) in [4.78, 5) is 22.5. The molecule has 0 fully saturated rings. The SMILES string of the molecule is CC(C)[C@H](NC(=O)c1ccc(F)c(F)c1F)C(=O)O. The van der Waals surface area contributed by atoms with E-state index in [0.29, 0.717) is 6.07 Å². The molecule has 0 saturated heterocycles. The Morgan fingerprint density at radius 3 is 2.21 bits per heavy atom. The average molecular weight is 275 g/mol. The van der Waals surface area contributed by atoms with Crippen molar-refractivity contribution >= 4 is 11.9 Å². The van der Waals surface area contributed by atoms with Gasteiger partial charge < -0.3 is 10.4 Å². The second-order valence-corrected chi connectivity index (χ2v) is 4.26. The van der Waals surface area contributed by atoms with E-state index in [2.05, 4.69) is 5.32 Å². The maximum Gasteiger partial charge on any atom is 0.326 e. The number of benzene rings is 1. The Labute approximate surface area is 107 Å². The van der Waals surface area contributed by atoms with Gasteiger partial charge in [-0.3, -0.25) is 4.79 Å². The summed E-state index contributed by atoms with van der Waals surface area (Å²) in [6, 6.07) is 0.0980. The lowest BCUT2D eigenvalue weighted by molar-refractivity contribution is -0.140. The Morgan fingerprint density at radius 2 is 1.74 bits per heavy atom. The molecule has 2 N–H and O–H groups in total. The third-order valence-corrected chi connectivity index (χ3v) is 2.50. The zero-order valence-electron chi connectivity index (χ0n) is 10.2. The van der Waals surface area contributed by atoms with Crippen LogP contribution in [0.3, 0.4) is 0 Å². The van der Waals surface area contributed by atoms with Gasteiger partial charge in [0, 0.05) is 0 Å². The molecule has 0 aliphatic rings. The molecule has 0 aliphatic carbocycles. The molecule has 0 spiro atoms. The van der Waals surface area contributed by atoms with Crippen molar-refractivity contribution in [1.29, 1.82) is 0 Å². The molecule has 1 atom stereocenters. The van der Waals surface area contributed by atoms with E-state index >= 15 is 0 Å². The lowest BCUT2D eigenvalue weighted by Gasteiger charge is -2.18. The number of nitrogens with one attached hydrogen (secondary N) is 1. The van der Waals surface area contributed by atoms with E-state index in [9.17, 15) is 22.8 Å². The molecule has 1 amide bonds. The number of aliphatic carboxylic acids is 1. The van der Waals surface area contributed by atoms with Crippen molar-refractivity contribution in [3.05, 3.63) is 35.1 Å². The minimum Gasteiger partial charge on any atom is -0.480 e. The van der Waals surface area contributed by atoms with Crippen molar-refractivity contribution in [2.45, 2.75) is 19.9 Å². The van der Waals surface area contributed by atoms with Gasteiger partial charge in [0.1, 0.15) is 6.04 Å². The van der Waals surface area contributed by atoms with Gasteiger partial charge in [-0.25, -0.2) is 18.0 Å². The number of hydrogen-bond donors (Lipinski definition) is 2. The fourth-order valence-electron chi connectivity index (χ4n) is 1.43. The predicted octanol–water partition coefficient (Wildman–Crippen LogP) is 1.94. The third-order valence-electron chi connectivity index (χ3n) is 2.50. The minimum atomic E-state index is -1.77. The number of carboxylic acid groups (broad SMARTS) is 1. The van der Waals surface area contributed by atoms with Crippen molar-refractivity contribution in [2.75, 3.05) is 0 Å². The highest BCUT2D eigenvalue weighted by Crippen LogP contribution is 2.15. The molecule has 0 aliphatic heterocycles. The van der Waals surface area contributed by atoms with Crippen molar-refractivity contribution in [1.82, 2.24) is 5.32 Å². The highest BCUT2D eigenvalue weighted by molar-refractivity contribution is 5.96. The highest BCUT2D eigenvalue weighted by atomic mass is 19.2. The molecular formula is C12H12F3NO3. The summed E-state index contributed by atoms with van der Waals surface area (Å²) in [5.41, 5.74) is -0.745. The van der Waals surface area contributed by atoms with Crippen LogP contribution >= 0.6 is 0 Å². The van der Waals surface area contributed by atoms with Crippen molar-refractivity contribution in [3.63, 3.8) is 0 Å². The minimum absolute atomic E-state index is 0.449. The van der Waals surface area contributed by atoms with Gasteiger partial charge in [-0.1, -0.05) is 13.8 Å². The third kappa shape index (κ3) is 3.24. The Kier molecular flexibility index (Phi) is 4.52. The van der Waals surface area contributed by atoms with E-state index in [1.54, 1.807) is 13.8 Å². The van der Waals surface area contributed by atoms with Crippen LogP contribution in [0.1, 0.15) is 24.2 Å². The van der Waals surface area contributed by atoms with Crippen LogP contribution in [0, 0.1) is 23.4 Å². The normalized spacial score (nSPS) is 12.3. The molecular weight excluding hydrogens is 263 g/mol. The predicted molar refractivity (Wildman–Crippen MR) is 60.0 cm³/mol. The Hall–Kier alpha value is -2.05. The Morgan fingerprint density at radius 1 is 1.16 bits per heavy atom. The number of amides is 1. The summed E-state index contributed by atoms with van der Waals surface area (Å²) in [7, 11) is 0. The van der Waals surface area contributed by atoms with E-state index in [-0.39, 0.29) is 0 Å². The van der Waals surface area contributed by atoms with Gasteiger partial charge in [-0.15, -0.1) is 0 Å². The van der Waals surface area contributed by atoms with Crippen LogP contribution in [0.2, 0.25) is 0 Å². The first-order valence-electron chi connectivity index (χ1n) is 5.42. The number of hydrogen-bond acceptors (Lipinski definition) is 2. The van der Waals surface area contributed by atoms with Gasteiger partial charge in [0.05, 0.1) is 5.56 Å². The van der Waals surface area contributed by atoms with E-state index in [4.69, 9.17) is 5.11 Å². The van der Waals surface area contributed by atoms with Crippen molar-refractivity contribution in [2.24, 2.45) is 5.92 Å². The van der Waals surface area contributed by atoms with Crippen LogP contribution in [0.5, 0.6) is 0 Å². The highest BCUT2D eigenvalue weighted by Gasteiger charge is 2.26. The summed E-state index contributed by atoms with van der Waals surface area (Å²) in [5.74, 6) is -7.71. The molecule has 7 heteroatoms. The topological polar surface area (TPSA) is 66.4 Å². The van der Waals surface area contributed by atoms with E-state index in [0.717, 1.165) is 6.07 Å². The zero-order chi connectivity index (χ0) is 14.7. The number of carboxylic acids is 1. The van der Waals surface area contributed by atoms with Gasteiger partial charge in [0.25, 0.3) is 5.91 Å². The second-order valence-electron chi connectivity index (χ2n) is 4.26. The molecule has 1 rings (SSSR count). The van der Waals surface area contributed by atoms with Gasteiger partial charge in [-0.2, -0.15) is 0 Å². The van der Waals surface area contributed by atoms with E-state index in [1.807, 2.05) is 0 Å². The van der Waals surface area contributed by atoms with Crippen LogP contribution in [0.15, 0.2) is 12.1 Å². The quantitative estimate of drug-likeness (QED) is 0.825. The molecule has 1 aromatic rings. The molecule has 0 heterocycles. The van der Waals surface area contributed by atoms with Crippen molar-refractivity contribution < 1.29 is 27.9 Å². The maximum absolute atomic E-state index is 13.3. The zero-order valence-corrected chi connectivity index (χ0v) is 10.2. The number of carbonyl (C=O) groups is 2. The maximum atomic E-state index is 13.3. The lowest BCUT2D eigenvalue weighted by atomic mass is 10.0. The molecule has 0 aromatic heterocycles. The van der Waals surface area contributed by atoms with Crippen LogP contribution in [-0.2, 0) is 4.79 Å². The molecule has 4 nitrogen and oxygen atoms in total. The summed E-state index contributed by atoms with van der Waals surface area (Å²) in [6.07, 6.45) is 0. The molecule has 0 bridgehead atoms. The molecule has 0 radical (unpaired) electrons. The number of halogens is 3. The molecule has 0 unspecified atom stereocenters. The first kappa shape index (κ1) is 15.0. The Bertz CT molecular complexity index is 517. The fourth-order valence-corrected chi connectivity index (χ4v) is 1.43. The first-order valence-corrected chi connectivity index (χ1v) is 5.42. The summed E-state index contributed by atoms with van der Waals surface area (Å²) >= 11 is 0. The average Bonchev–Trinajstić information content (AvgIpc) is 2.32. The van der Waals surface area contributed by atoms with E-state index < -0.39 is 46.9 Å². The molecule has 104 valence electrons. The van der Waals surface area contributed by atoms with Crippen LogP contribution in [0.4, 0.5) is 13.2 Å². The fraction of sp³-hybridized carbons (Fsp3) is 0.333. The summed E-state index contributed by atoms with van der Waals surface area (Å²) in [6.45, 7) is 3.08. The number of carbonyl (C=O) groups excluding carboxylic acids is 1. The summed E-state index contributed by atoms with van der Waals surface area (Å²) in [5, 5.41) is 10.9. The first-order chi connectivity index (χ1) is 8.75. The molecule has 19 heavy (non-hydrogen) atoms. The van der Waals surface area contributed by atoms with E-state index in [1.165, 1.54) is 0 Å². The van der Waals surface area contributed by atoms with Crippen LogP contribution in [0.25, 0.3) is 0 Å². The Balaban J connectivity index is 3.02. The number of rotatable bonds is 4. The second kappa shape index (κ2) is 5.73. The van der Waals surface area contributed by atoms with Gasteiger partial charge in [0.2, 0.25) is 0 Å². The monoisotopic (exact) mass is 275 g/mol. The smallest absolute Gasteiger partial charge is 0.326 e. The van der Waals surface area contributed by atoms with Crippen LogP contribution in [-0.4, -0.2) is 23.0 Å². The van der Waals surface area contributed by atoms with Crippen LogP contribution < -0.4 is 5.32 Å². The summed E-state index contributed by atoms with van der Waals surface area (Å²) < 4.78 is 39.0. The van der Waals surface area contributed by atoms with Gasteiger partial charge in [-0.05, 0) is 18.1 Å². The molecule has 0 saturated carbocycles. The van der Waals surface area contributed by atoms with Gasteiger partial charge >= 0.3 is 5.97 Å². The van der Waals surface area contributed by atoms with Gasteiger partial charge in [0.15, 0.2) is 17.5 Å².